The molecule has 0 amide bonds. The van der Waals surface area contributed by atoms with Gasteiger partial charge < -0.3 is 5.11 Å². The Morgan fingerprint density at radius 3 is 2.26 bits per heavy atom. The van der Waals surface area contributed by atoms with Gasteiger partial charge in [-0.2, -0.15) is 0 Å². The number of hydrogen-bond donors (Lipinski definition) is 1. The second-order valence-corrected chi connectivity index (χ2v) is 8.14. The number of aromatic nitrogens is 2. The summed E-state index contributed by atoms with van der Waals surface area (Å²) in [6.07, 6.45) is 3.20. The SMILES string of the molecule is CCCCc1c(C=O)n(-c2ccccc2)c(=O)n1Cc1ccc(-c2ccccc2C(=O)O)cc1. The minimum absolute atomic E-state index is 0.240. The summed E-state index contributed by atoms with van der Waals surface area (Å²) in [5.41, 5.74) is 4.08. The first-order valence-electron chi connectivity index (χ1n) is 11.3. The number of carboxylic acid groups (broad SMARTS) is 1. The summed E-state index contributed by atoms with van der Waals surface area (Å²) in [4.78, 5) is 37.1. The zero-order chi connectivity index (χ0) is 24.1. The summed E-state index contributed by atoms with van der Waals surface area (Å²) in [5, 5.41) is 9.49. The van der Waals surface area contributed by atoms with Crippen LogP contribution < -0.4 is 5.69 Å². The molecule has 0 fully saturated rings. The number of aromatic carboxylic acids is 1. The molecule has 3 aromatic carbocycles. The van der Waals surface area contributed by atoms with Crippen LogP contribution in [-0.4, -0.2) is 26.5 Å². The Morgan fingerprint density at radius 2 is 1.62 bits per heavy atom. The van der Waals surface area contributed by atoms with Gasteiger partial charge in [0.25, 0.3) is 0 Å². The van der Waals surface area contributed by atoms with Gasteiger partial charge >= 0.3 is 11.7 Å². The summed E-state index contributed by atoms with van der Waals surface area (Å²) < 4.78 is 3.15. The van der Waals surface area contributed by atoms with Crippen molar-refractivity contribution in [3.63, 3.8) is 0 Å². The number of aldehydes is 1. The third kappa shape index (κ3) is 4.48. The zero-order valence-corrected chi connectivity index (χ0v) is 19.0. The number of unbranched alkanes of at least 4 members (excludes halogenated alkanes) is 1. The molecular weight excluding hydrogens is 428 g/mol. The lowest BCUT2D eigenvalue weighted by Gasteiger charge is -2.10. The minimum Gasteiger partial charge on any atom is -0.478 e. The lowest BCUT2D eigenvalue weighted by Crippen LogP contribution is -2.25. The molecule has 0 aliphatic heterocycles. The van der Waals surface area contributed by atoms with E-state index in [1.807, 2.05) is 60.7 Å². The van der Waals surface area contributed by atoms with E-state index in [1.54, 1.807) is 22.8 Å². The molecular formula is C28H26N2O4. The van der Waals surface area contributed by atoms with Crippen LogP contribution in [0.25, 0.3) is 16.8 Å². The van der Waals surface area contributed by atoms with E-state index in [1.165, 1.54) is 4.57 Å². The van der Waals surface area contributed by atoms with Crippen molar-refractivity contribution >= 4 is 12.3 Å². The molecule has 4 rings (SSSR count). The summed E-state index contributed by atoms with van der Waals surface area (Å²) in [6, 6.07) is 23.6. The van der Waals surface area contributed by atoms with Crippen molar-refractivity contribution in [1.82, 2.24) is 9.13 Å². The standard InChI is InChI=1S/C28H26N2O4/c1-2-3-13-25-26(19-31)30(22-9-5-4-6-10-22)28(34)29(25)18-20-14-16-21(17-15-20)23-11-7-8-12-24(23)27(32)33/h4-12,14-17,19H,2-3,13,18H2,1H3,(H,32,33). The van der Waals surface area contributed by atoms with Crippen LogP contribution in [0, 0.1) is 0 Å². The van der Waals surface area contributed by atoms with E-state index in [0.717, 1.165) is 35.9 Å². The Labute approximate surface area is 197 Å². The summed E-state index contributed by atoms with van der Waals surface area (Å²) in [5.74, 6) is -0.976. The van der Waals surface area contributed by atoms with Crippen molar-refractivity contribution in [1.29, 1.82) is 0 Å². The number of rotatable bonds is 9. The van der Waals surface area contributed by atoms with Crippen LogP contribution in [0.3, 0.4) is 0 Å². The quantitative estimate of drug-likeness (QED) is 0.352. The molecule has 0 saturated heterocycles. The van der Waals surface area contributed by atoms with Gasteiger partial charge in [-0.25, -0.2) is 9.59 Å². The highest BCUT2D eigenvalue weighted by molar-refractivity contribution is 5.96. The fraction of sp³-hybridized carbons (Fsp3) is 0.179. The molecule has 1 heterocycles. The molecule has 1 aromatic heterocycles. The molecule has 6 heteroatoms. The summed E-state index contributed by atoms with van der Waals surface area (Å²) >= 11 is 0. The zero-order valence-electron chi connectivity index (χ0n) is 19.0. The van der Waals surface area contributed by atoms with Gasteiger partial charge in [0.1, 0.15) is 5.69 Å². The second-order valence-electron chi connectivity index (χ2n) is 8.14. The van der Waals surface area contributed by atoms with E-state index in [2.05, 4.69) is 6.92 Å². The van der Waals surface area contributed by atoms with E-state index in [4.69, 9.17) is 0 Å². The predicted molar refractivity (Wildman–Crippen MR) is 132 cm³/mol. The molecule has 0 atom stereocenters. The van der Waals surface area contributed by atoms with Gasteiger partial charge in [0.05, 0.1) is 23.5 Å². The van der Waals surface area contributed by atoms with Crippen molar-refractivity contribution < 1.29 is 14.7 Å². The van der Waals surface area contributed by atoms with Crippen LogP contribution in [0.1, 0.15) is 51.9 Å². The second kappa shape index (κ2) is 10.2. The molecule has 0 unspecified atom stereocenters. The highest BCUT2D eigenvalue weighted by atomic mass is 16.4. The lowest BCUT2D eigenvalue weighted by atomic mass is 9.99. The maximum atomic E-state index is 13.4. The Kier molecular flexibility index (Phi) is 6.87. The highest BCUT2D eigenvalue weighted by Gasteiger charge is 2.20. The van der Waals surface area contributed by atoms with Crippen LogP contribution in [0.15, 0.2) is 83.7 Å². The van der Waals surface area contributed by atoms with Gasteiger partial charge in [0.15, 0.2) is 6.29 Å². The topological polar surface area (TPSA) is 81.3 Å². The van der Waals surface area contributed by atoms with Crippen LogP contribution in [0.2, 0.25) is 0 Å². The van der Waals surface area contributed by atoms with E-state index in [-0.39, 0.29) is 11.3 Å². The monoisotopic (exact) mass is 454 g/mol. The molecule has 0 radical (unpaired) electrons. The lowest BCUT2D eigenvalue weighted by molar-refractivity contribution is 0.0697. The summed E-state index contributed by atoms with van der Waals surface area (Å²) in [7, 11) is 0. The first-order valence-corrected chi connectivity index (χ1v) is 11.3. The summed E-state index contributed by atoms with van der Waals surface area (Å²) in [6.45, 7) is 2.39. The van der Waals surface area contributed by atoms with E-state index in [9.17, 15) is 19.5 Å². The average molecular weight is 455 g/mol. The van der Waals surface area contributed by atoms with Gasteiger partial charge in [-0.05, 0) is 47.7 Å². The number of carboxylic acids is 1. The Hall–Kier alpha value is -4.19. The van der Waals surface area contributed by atoms with Gasteiger partial charge in [0, 0.05) is 0 Å². The normalized spacial score (nSPS) is 10.9. The van der Waals surface area contributed by atoms with E-state index < -0.39 is 5.97 Å². The third-order valence-electron chi connectivity index (χ3n) is 5.94. The third-order valence-corrected chi connectivity index (χ3v) is 5.94. The average Bonchev–Trinajstić information content (AvgIpc) is 3.13. The number of imidazole rings is 1. The van der Waals surface area contributed by atoms with Crippen LogP contribution in [-0.2, 0) is 13.0 Å². The number of carbonyl (C=O) groups excluding carboxylic acids is 1. The fourth-order valence-corrected chi connectivity index (χ4v) is 4.22. The smallest absolute Gasteiger partial charge is 0.336 e. The van der Waals surface area contributed by atoms with Gasteiger partial charge in [-0.3, -0.25) is 13.9 Å². The fourth-order valence-electron chi connectivity index (χ4n) is 4.22. The van der Waals surface area contributed by atoms with E-state index >= 15 is 0 Å². The maximum absolute atomic E-state index is 13.4. The van der Waals surface area contributed by atoms with E-state index in [0.29, 0.717) is 29.9 Å². The highest BCUT2D eigenvalue weighted by Crippen LogP contribution is 2.25. The largest absolute Gasteiger partial charge is 0.478 e. The molecule has 0 bridgehead atoms. The van der Waals surface area contributed by atoms with Gasteiger partial charge in [-0.1, -0.05) is 74.0 Å². The first kappa shape index (κ1) is 23.0. The molecule has 172 valence electrons. The molecule has 4 aromatic rings. The Balaban J connectivity index is 1.74. The number of benzene rings is 3. The maximum Gasteiger partial charge on any atom is 0.336 e. The number of para-hydroxylation sites is 1. The molecule has 34 heavy (non-hydrogen) atoms. The number of carbonyl (C=O) groups is 2. The minimum atomic E-state index is -0.976. The van der Waals surface area contributed by atoms with Crippen molar-refractivity contribution in [3.8, 4) is 16.8 Å². The van der Waals surface area contributed by atoms with Gasteiger partial charge in [0.2, 0.25) is 0 Å². The molecule has 1 N–H and O–H groups in total. The van der Waals surface area contributed by atoms with Crippen molar-refractivity contribution in [3.05, 3.63) is 112 Å². The molecule has 0 aliphatic carbocycles. The molecule has 0 spiro atoms. The molecule has 0 aliphatic rings. The van der Waals surface area contributed by atoms with Crippen LogP contribution >= 0.6 is 0 Å². The van der Waals surface area contributed by atoms with Crippen molar-refractivity contribution in [2.24, 2.45) is 0 Å². The number of hydrogen-bond acceptors (Lipinski definition) is 3. The molecule has 6 nitrogen and oxygen atoms in total. The van der Waals surface area contributed by atoms with Crippen LogP contribution in [0.4, 0.5) is 0 Å². The Bertz CT molecular complexity index is 1370. The molecule has 0 saturated carbocycles. The predicted octanol–water partition coefficient (Wildman–Crippen LogP) is 5.21. The Morgan fingerprint density at radius 1 is 0.941 bits per heavy atom. The number of nitrogens with zero attached hydrogens (tertiary/aromatic N) is 2. The van der Waals surface area contributed by atoms with Crippen LogP contribution in [0.5, 0.6) is 0 Å². The van der Waals surface area contributed by atoms with Gasteiger partial charge in [-0.15, -0.1) is 0 Å². The van der Waals surface area contributed by atoms with Crippen molar-refractivity contribution in [2.75, 3.05) is 0 Å². The first-order chi connectivity index (χ1) is 16.5. The van der Waals surface area contributed by atoms with Crippen molar-refractivity contribution in [2.45, 2.75) is 32.7 Å².